The van der Waals surface area contributed by atoms with Crippen LogP contribution in [-0.2, 0) is 17.8 Å². The number of carbonyl (C=O) groups is 1. The smallest absolute Gasteiger partial charge is 0.246 e. The number of benzene rings is 1. The maximum Gasteiger partial charge on any atom is 0.246 e. The summed E-state index contributed by atoms with van der Waals surface area (Å²) >= 11 is 0. The van der Waals surface area contributed by atoms with Gasteiger partial charge >= 0.3 is 0 Å². The van der Waals surface area contributed by atoms with Crippen LogP contribution in [0.2, 0.25) is 0 Å². The number of amides is 1. The predicted molar refractivity (Wildman–Crippen MR) is 119 cm³/mol. The zero-order valence-electron chi connectivity index (χ0n) is 17.5. The molecule has 2 aromatic rings. The number of unbranched alkanes of at least 4 members (excludes halogenated alkanes) is 7. The summed E-state index contributed by atoms with van der Waals surface area (Å²) in [6.07, 6.45) is 12.1. The molecule has 0 fully saturated rings. The number of aryl methyl sites for hydroxylation is 1. The zero-order valence-corrected chi connectivity index (χ0v) is 18.3. The third-order valence-corrected chi connectivity index (χ3v) is 4.81. The fourth-order valence-corrected chi connectivity index (χ4v) is 3.12. The topological polar surface area (TPSA) is 94.0 Å². The first-order valence-electron chi connectivity index (χ1n) is 10.6. The number of hydrogen-bond acceptors (Lipinski definition) is 5. The van der Waals surface area contributed by atoms with Crippen molar-refractivity contribution in [3.8, 4) is 11.4 Å². The van der Waals surface area contributed by atoms with E-state index in [2.05, 4.69) is 34.5 Å². The highest BCUT2D eigenvalue weighted by molar-refractivity contribution is 5.85. The molecule has 0 radical (unpaired) electrons. The van der Waals surface area contributed by atoms with Gasteiger partial charge in [0, 0.05) is 18.5 Å². The maximum absolute atomic E-state index is 11.4. The van der Waals surface area contributed by atoms with Crippen molar-refractivity contribution >= 4 is 18.3 Å². The Morgan fingerprint density at radius 2 is 1.69 bits per heavy atom. The highest BCUT2D eigenvalue weighted by atomic mass is 35.5. The first-order valence-corrected chi connectivity index (χ1v) is 10.6. The van der Waals surface area contributed by atoms with Gasteiger partial charge in [-0.25, -0.2) is 0 Å². The van der Waals surface area contributed by atoms with Crippen molar-refractivity contribution in [1.29, 1.82) is 0 Å². The second-order valence-corrected chi connectivity index (χ2v) is 7.25. The van der Waals surface area contributed by atoms with E-state index in [1.807, 2.05) is 12.1 Å². The Kier molecular flexibility index (Phi) is 13.0. The van der Waals surface area contributed by atoms with E-state index in [0.29, 0.717) is 24.7 Å². The molecule has 2 rings (SSSR count). The van der Waals surface area contributed by atoms with Crippen LogP contribution in [0.4, 0.5) is 0 Å². The van der Waals surface area contributed by atoms with E-state index < -0.39 is 0 Å². The van der Waals surface area contributed by atoms with Gasteiger partial charge in [0.15, 0.2) is 0 Å². The molecule has 1 amide bonds. The fraction of sp³-hybridized carbons (Fsp3) is 0.591. The second-order valence-electron chi connectivity index (χ2n) is 7.25. The van der Waals surface area contributed by atoms with E-state index in [4.69, 9.17) is 10.3 Å². The number of carbonyl (C=O) groups excluding carboxylic acids is 1. The van der Waals surface area contributed by atoms with Crippen LogP contribution < -0.4 is 11.1 Å². The lowest BCUT2D eigenvalue weighted by Gasteiger charge is -2.03. The predicted octanol–water partition coefficient (Wildman–Crippen LogP) is 4.81. The van der Waals surface area contributed by atoms with Gasteiger partial charge in [-0.05, 0) is 18.4 Å². The van der Waals surface area contributed by atoms with Crippen LogP contribution in [0.25, 0.3) is 11.4 Å². The van der Waals surface area contributed by atoms with Crippen LogP contribution in [-0.4, -0.2) is 22.6 Å². The number of nitrogens with zero attached hydrogens (tertiary/aromatic N) is 2. The number of rotatable bonds is 14. The molecular formula is C22H35ClN4O2. The minimum Gasteiger partial charge on any atom is -0.347 e. The third-order valence-electron chi connectivity index (χ3n) is 4.81. The molecule has 162 valence electrons. The summed E-state index contributed by atoms with van der Waals surface area (Å²) in [5.74, 6) is 0.817. The molecule has 7 heteroatoms. The Balaban J connectivity index is 0.00000420. The number of hydrogen-bond donors (Lipinski definition) is 2. The lowest BCUT2D eigenvalue weighted by molar-refractivity contribution is -0.121. The average Bonchev–Trinajstić information content (AvgIpc) is 3.18. The number of aromatic nitrogens is 2. The van der Waals surface area contributed by atoms with E-state index in [9.17, 15) is 4.79 Å². The fourth-order valence-electron chi connectivity index (χ4n) is 3.12. The van der Waals surface area contributed by atoms with Crippen LogP contribution in [0.5, 0.6) is 0 Å². The zero-order chi connectivity index (χ0) is 20.0. The quantitative estimate of drug-likeness (QED) is 0.426. The minimum atomic E-state index is -0.118. The number of nitrogens with one attached hydrogen (secondary N) is 1. The number of nitrogens with two attached hydrogens (primary N) is 1. The summed E-state index contributed by atoms with van der Waals surface area (Å²) in [6, 6.07) is 8.33. The van der Waals surface area contributed by atoms with Gasteiger partial charge in [0.2, 0.25) is 17.6 Å². The van der Waals surface area contributed by atoms with Gasteiger partial charge in [-0.2, -0.15) is 4.98 Å². The molecular weight excluding hydrogens is 388 g/mol. The molecule has 1 heterocycles. The monoisotopic (exact) mass is 422 g/mol. The molecule has 0 bridgehead atoms. The Labute approximate surface area is 180 Å². The van der Waals surface area contributed by atoms with E-state index in [1.165, 1.54) is 56.9 Å². The van der Waals surface area contributed by atoms with Crippen molar-refractivity contribution in [2.45, 2.75) is 77.7 Å². The van der Waals surface area contributed by atoms with Crippen molar-refractivity contribution in [1.82, 2.24) is 15.5 Å². The molecule has 6 nitrogen and oxygen atoms in total. The molecule has 0 atom stereocenters. The van der Waals surface area contributed by atoms with Crippen molar-refractivity contribution < 1.29 is 9.32 Å². The van der Waals surface area contributed by atoms with Crippen molar-refractivity contribution in [3.63, 3.8) is 0 Å². The molecule has 0 aliphatic carbocycles. The number of halogens is 1. The minimum absolute atomic E-state index is 0. The molecule has 0 aliphatic heterocycles. The molecule has 1 aromatic carbocycles. The molecule has 0 saturated heterocycles. The molecule has 0 unspecified atom stereocenters. The third kappa shape index (κ3) is 9.90. The molecule has 0 saturated carbocycles. The van der Waals surface area contributed by atoms with Gasteiger partial charge < -0.3 is 15.6 Å². The summed E-state index contributed by atoms with van der Waals surface area (Å²) in [6.45, 7) is 2.81. The summed E-state index contributed by atoms with van der Waals surface area (Å²) < 4.78 is 5.20. The Morgan fingerprint density at radius 3 is 2.34 bits per heavy atom. The Hall–Kier alpha value is -1.92. The van der Waals surface area contributed by atoms with Crippen LogP contribution in [0.3, 0.4) is 0 Å². The van der Waals surface area contributed by atoms with Gasteiger partial charge in [0.25, 0.3) is 0 Å². The van der Waals surface area contributed by atoms with Crippen molar-refractivity contribution in [2.24, 2.45) is 5.73 Å². The molecule has 3 N–H and O–H groups in total. The van der Waals surface area contributed by atoms with E-state index in [0.717, 1.165) is 12.0 Å². The summed E-state index contributed by atoms with van der Waals surface area (Å²) in [5.41, 5.74) is 7.61. The van der Waals surface area contributed by atoms with E-state index in [-0.39, 0.29) is 24.9 Å². The standard InChI is InChI=1S/C22H34N4O2.ClH/c1-2-3-4-5-6-7-8-9-10-18-11-13-19(14-12-18)22-25-21(28-26-22)17-24-20(27)15-16-23;/h11-14H,2-10,15-17,23H2,1H3,(H,24,27);1H. The summed E-state index contributed by atoms with van der Waals surface area (Å²) in [5, 5.41) is 6.70. The Bertz CT molecular complexity index is 688. The van der Waals surface area contributed by atoms with Crippen LogP contribution >= 0.6 is 12.4 Å². The van der Waals surface area contributed by atoms with Crippen LogP contribution in [0, 0.1) is 0 Å². The first-order chi connectivity index (χ1) is 13.7. The molecule has 0 spiro atoms. The van der Waals surface area contributed by atoms with Gasteiger partial charge in [-0.3, -0.25) is 4.79 Å². The molecule has 29 heavy (non-hydrogen) atoms. The van der Waals surface area contributed by atoms with Crippen LogP contribution in [0.15, 0.2) is 28.8 Å². The highest BCUT2D eigenvalue weighted by Crippen LogP contribution is 2.18. The highest BCUT2D eigenvalue weighted by Gasteiger charge is 2.09. The summed E-state index contributed by atoms with van der Waals surface area (Å²) in [4.78, 5) is 15.8. The molecule has 1 aromatic heterocycles. The van der Waals surface area contributed by atoms with Gasteiger partial charge in [-0.1, -0.05) is 81.3 Å². The first kappa shape index (κ1) is 25.1. The normalized spacial score (nSPS) is 10.6. The lowest BCUT2D eigenvalue weighted by Crippen LogP contribution is -2.25. The van der Waals surface area contributed by atoms with Crippen LogP contribution in [0.1, 0.15) is 76.2 Å². The van der Waals surface area contributed by atoms with Crippen molar-refractivity contribution in [2.75, 3.05) is 6.54 Å². The Morgan fingerprint density at radius 1 is 1.03 bits per heavy atom. The SMILES string of the molecule is CCCCCCCCCCc1ccc(-c2noc(CNC(=O)CCN)n2)cc1.Cl. The van der Waals surface area contributed by atoms with Gasteiger partial charge in [0.05, 0.1) is 6.54 Å². The molecule has 0 aliphatic rings. The van der Waals surface area contributed by atoms with Gasteiger partial charge in [0.1, 0.15) is 0 Å². The van der Waals surface area contributed by atoms with Gasteiger partial charge in [-0.15, -0.1) is 12.4 Å². The maximum atomic E-state index is 11.4. The second kappa shape index (κ2) is 15.0. The summed E-state index contributed by atoms with van der Waals surface area (Å²) in [7, 11) is 0. The largest absolute Gasteiger partial charge is 0.347 e. The van der Waals surface area contributed by atoms with E-state index in [1.54, 1.807) is 0 Å². The van der Waals surface area contributed by atoms with E-state index >= 15 is 0 Å². The lowest BCUT2D eigenvalue weighted by atomic mass is 10.0. The average molecular weight is 423 g/mol. The van der Waals surface area contributed by atoms with Crippen molar-refractivity contribution in [3.05, 3.63) is 35.7 Å².